The number of aromatic nitrogens is 4. The van der Waals surface area contributed by atoms with Gasteiger partial charge in [0.25, 0.3) is 0 Å². The Morgan fingerprint density at radius 1 is 1.33 bits per heavy atom. The van der Waals surface area contributed by atoms with E-state index in [-0.39, 0.29) is 0 Å². The lowest BCUT2D eigenvalue weighted by atomic mass is 10.1. The fourth-order valence-electron chi connectivity index (χ4n) is 3.12. The summed E-state index contributed by atoms with van der Waals surface area (Å²) >= 11 is 0. The molecule has 1 aromatic carbocycles. The number of aryl methyl sites for hydroxylation is 1. The molecule has 9 heteroatoms. The number of morpholine rings is 1. The summed E-state index contributed by atoms with van der Waals surface area (Å²) in [6.07, 6.45) is 1.63. The average Bonchev–Trinajstić information content (AvgIpc) is 3.17. The van der Waals surface area contributed by atoms with Crippen molar-refractivity contribution in [3.63, 3.8) is 0 Å². The van der Waals surface area contributed by atoms with Crippen LogP contribution in [0.1, 0.15) is 11.1 Å². The predicted octanol–water partition coefficient (Wildman–Crippen LogP) is 2.21. The first-order valence-electron chi connectivity index (χ1n) is 8.84. The molecule has 140 valence electrons. The highest BCUT2D eigenvalue weighted by molar-refractivity contribution is 5.81. The second-order valence-electron chi connectivity index (χ2n) is 6.32. The predicted molar refractivity (Wildman–Crippen MR) is 99.4 cm³/mol. The molecule has 0 saturated carbocycles. The minimum absolute atomic E-state index is 0.409. The van der Waals surface area contributed by atoms with Crippen LogP contribution in [0, 0.1) is 6.92 Å². The molecule has 3 aromatic rings. The fourth-order valence-corrected chi connectivity index (χ4v) is 3.12. The number of azo groups is 1. The van der Waals surface area contributed by atoms with Crippen LogP contribution in [-0.2, 0) is 11.3 Å². The van der Waals surface area contributed by atoms with E-state index in [9.17, 15) is 0 Å². The number of benzene rings is 1. The van der Waals surface area contributed by atoms with Gasteiger partial charge in [-0.3, -0.25) is 0 Å². The van der Waals surface area contributed by atoms with Gasteiger partial charge in [0.05, 0.1) is 39.7 Å². The standard InChI is InChI=1S/C18H21N7O2/c1-12-3-4-14(26-2)13(9-12)10-21-24-18-22-16-15(19-11-20-16)17(23-18)25-5-7-27-8-6-25/h3-4,9,11H,5-8,10H2,1-2H3,(H,19,20,22,23)/p+1. The monoisotopic (exact) mass is 368 g/mol. The van der Waals surface area contributed by atoms with Crippen molar-refractivity contribution in [2.24, 2.45) is 10.2 Å². The van der Waals surface area contributed by atoms with Crippen LogP contribution in [0.3, 0.4) is 0 Å². The number of hydrogen-bond acceptors (Lipinski definition) is 7. The largest absolute Gasteiger partial charge is 0.496 e. The number of fused-ring (bicyclic) bond motifs is 1. The van der Waals surface area contributed by atoms with E-state index in [1.165, 1.54) is 0 Å². The quantitative estimate of drug-likeness (QED) is 0.696. The lowest BCUT2D eigenvalue weighted by Gasteiger charge is -2.24. The van der Waals surface area contributed by atoms with Crippen LogP contribution in [0.2, 0.25) is 0 Å². The molecule has 0 bridgehead atoms. The molecule has 1 aliphatic heterocycles. The number of aromatic amines is 2. The summed E-state index contributed by atoms with van der Waals surface area (Å²) in [5, 5.41) is 8.59. The van der Waals surface area contributed by atoms with Gasteiger partial charge in [-0.25, -0.2) is 9.97 Å². The highest BCUT2D eigenvalue weighted by Crippen LogP contribution is 2.23. The number of anilines is 1. The Kier molecular flexibility index (Phi) is 4.93. The van der Waals surface area contributed by atoms with Crippen molar-refractivity contribution in [3.8, 4) is 5.75 Å². The van der Waals surface area contributed by atoms with Crippen LogP contribution in [0.5, 0.6) is 5.75 Å². The molecule has 1 fully saturated rings. The highest BCUT2D eigenvalue weighted by atomic mass is 16.5. The molecule has 4 rings (SSSR count). The van der Waals surface area contributed by atoms with E-state index in [2.05, 4.69) is 35.1 Å². The van der Waals surface area contributed by atoms with Gasteiger partial charge < -0.3 is 19.4 Å². The van der Waals surface area contributed by atoms with Crippen molar-refractivity contribution in [2.45, 2.75) is 13.5 Å². The third-order valence-corrected chi connectivity index (χ3v) is 4.47. The molecule has 1 saturated heterocycles. The Labute approximate surface area is 156 Å². The maximum atomic E-state index is 5.44. The van der Waals surface area contributed by atoms with E-state index in [0.29, 0.717) is 31.4 Å². The molecule has 9 nitrogen and oxygen atoms in total. The van der Waals surface area contributed by atoms with Crippen molar-refractivity contribution in [3.05, 3.63) is 35.7 Å². The molecular formula is C18H22N7O2+. The van der Waals surface area contributed by atoms with E-state index in [1.807, 2.05) is 25.1 Å². The van der Waals surface area contributed by atoms with Crippen LogP contribution >= 0.6 is 0 Å². The third-order valence-electron chi connectivity index (χ3n) is 4.47. The second kappa shape index (κ2) is 7.67. The topological polar surface area (TPSA) is 102 Å². The minimum Gasteiger partial charge on any atom is -0.496 e. The van der Waals surface area contributed by atoms with Gasteiger partial charge in [0.1, 0.15) is 12.3 Å². The lowest BCUT2D eigenvalue weighted by Crippen LogP contribution is -2.39. The fraction of sp³-hybridized carbons (Fsp3) is 0.389. The summed E-state index contributed by atoms with van der Waals surface area (Å²) in [6.45, 7) is 5.42. The van der Waals surface area contributed by atoms with E-state index in [4.69, 9.17) is 9.47 Å². The number of rotatable bonds is 5. The van der Waals surface area contributed by atoms with Crippen molar-refractivity contribution >= 4 is 22.9 Å². The molecule has 0 radical (unpaired) electrons. The van der Waals surface area contributed by atoms with Crippen LogP contribution in [0.15, 0.2) is 34.8 Å². The molecular weight excluding hydrogens is 346 g/mol. The van der Waals surface area contributed by atoms with Gasteiger partial charge in [-0.05, 0) is 13.0 Å². The molecule has 3 heterocycles. The van der Waals surface area contributed by atoms with E-state index in [0.717, 1.165) is 41.3 Å². The number of hydrogen-bond donors (Lipinski definition) is 1. The molecule has 0 atom stereocenters. The zero-order valence-electron chi connectivity index (χ0n) is 15.4. The van der Waals surface area contributed by atoms with Gasteiger partial charge in [-0.15, -0.1) is 5.11 Å². The summed E-state index contributed by atoms with van der Waals surface area (Å²) in [4.78, 5) is 17.3. The summed E-state index contributed by atoms with van der Waals surface area (Å²) in [6, 6.07) is 6.00. The average molecular weight is 368 g/mol. The normalized spacial score (nSPS) is 15.0. The van der Waals surface area contributed by atoms with Crippen LogP contribution in [0.4, 0.5) is 11.8 Å². The zero-order valence-corrected chi connectivity index (χ0v) is 15.4. The molecule has 2 N–H and O–H groups in total. The maximum absolute atomic E-state index is 5.44. The highest BCUT2D eigenvalue weighted by Gasteiger charge is 2.23. The van der Waals surface area contributed by atoms with Gasteiger partial charge in [-0.2, -0.15) is 0 Å². The Balaban J connectivity index is 1.60. The van der Waals surface area contributed by atoms with E-state index in [1.54, 1.807) is 13.4 Å². The number of H-pyrrole nitrogens is 2. The van der Waals surface area contributed by atoms with Gasteiger partial charge in [0.15, 0.2) is 5.52 Å². The number of imidazole rings is 1. The van der Waals surface area contributed by atoms with Gasteiger partial charge in [-0.1, -0.05) is 22.7 Å². The third kappa shape index (κ3) is 3.72. The van der Waals surface area contributed by atoms with Gasteiger partial charge in [0.2, 0.25) is 11.5 Å². The smallest absolute Gasteiger partial charge is 0.405 e. The van der Waals surface area contributed by atoms with Crippen LogP contribution in [0.25, 0.3) is 11.2 Å². The number of nitrogens with zero attached hydrogens (tertiary/aromatic N) is 5. The van der Waals surface area contributed by atoms with E-state index < -0.39 is 0 Å². The molecule has 0 spiro atoms. The molecule has 0 aliphatic carbocycles. The first-order chi connectivity index (χ1) is 13.2. The molecule has 0 unspecified atom stereocenters. The SMILES string of the molecule is COc1ccc(C)cc1CN=Nc1nc2nc[nH]c2c(N2CCOCC2)[nH+]1. The van der Waals surface area contributed by atoms with E-state index >= 15 is 0 Å². The molecule has 2 aromatic heterocycles. The summed E-state index contributed by atoms with van der Waals surface area (Å²) in [5.74, 6) is 2.12. The second-order valence-corrected chi connectivity index (χ2v) is 6.32. The van der Waals surface area contributed by atoms with Crippen molar-refractivity contribution < 1.29 is 14.5 Å². The van der Waals surface area contributed by atoms with Crippen molar-refractivity contribution in [2.75, 3.05) is 38.3 Å². The zero-order chi connectivity index (χ0) is 18.6. The van der Waals surface area contributed by atoms with Gasteiger partial charge >= 0.3 is 5.95 Å². The Morgan fingerprint density at radius 2 is 2.19 bits per heavy atom. The lowest BCUT2D eigenvalue weighted by molar-refractivity contribution is -0.352. The Bertz CT molecular complexity index is 963. The van der Waals surface area contributed by atoms with Crippen molar-refractivity contribution in [1.29, 1.82) is 0 Å². The maximum Gasteiger partial charge on any atom is 0.405 e. The summed E-state index contributed by atoms with van der Waals surface area (Å²) in [5.41, 5.74) is 3.60. The molecule has 27 heavy (non-hydrogen) atoms. The Hall–Kier alpha value is -3.07. The number of nitrogens with one attached hydrogen (secondary N) is 2. The number of methoxy groups -OCH3 is 1. The number of ether oxygens (including phenoxy) is 2. The van der Waals surface area contributed by atoms with Crippen LogP contribution in [-0.4, -0.2) is 48.4 Å². The molecule has 0 amide bonds. The first-order valence-corrected chi connectivity index (χ1v) is 8.84. The minimum atomic E-state index is 0.409. The van der Waals surface area contributed by atoms with Gasteiger partial charge in [0, 0.05) is 10.7 Å². The molecule has 1 aliphatic rings. The van der Waals surface area contributed by atoms with Crippen molar-refractivity contribution in [1.82, 2.24) is 15.0 Å². The van der Waals surface area contributed by atoms with Crippen LogP contribution < -0.4 is 14.6 Å². The summed E-state index contributed by atoms with van der Waals surface area (Å²) in [7, 11) is 1.65. The Morgan fingerprint density at radius 3 is 3.00 bits per heavy atom. The summed E-state index contributed by atoms with van der Waals surface area (Å²) < 4.78 is 10.8. The first kappa shape index (κ1) is 17.3.